The van der Waals surface area contributed by atoms with Crippen molar-refractivity contribution in [2.45, 2.75) is 38.5 Å². The minimum absolute atomic E-state index is 0.0873. The number of benzene rings is 1. The maximum absolute atomic E-state index is 12.7. The lowest BCUT2D eigenvalue weighted by Crippen LogP contribution is -2.41. The van der Waals surface area contributed by atoms with Crippen LogP contribution < -0.4 is 0 Å². The fourth-order valence-corrected chi connectivity index (χ4v) is 3.85. The Hall–Kier alpha value is -1.40. The van der Waals surface area contributed by atoms with Crippen LogP contribution in [0.4, 0.5) is 0 Å². The van der Waals surface area contributed by atoms with Crippen molar-refractivity contribution >= 4 is 15.9 Å². The summed E-state index contributed by atoms with van der Waals surface area (Å²) in [6.45, 7) is 7.60. The predicted octanol–water partition coefficient (Wildman–Crippen LogP) is 2.51. The van der Waals surface area contributed by atoms with Crippen LogP contribution in [0.3, 0.4) is 0 Å². The Bertz CT molecular complexity index is 699. The molecule has 0 saturated carbocycles. The first-order valence-corrected chi connectivity index (χ1v) is 9.31. The lowest BCUT2D eigenvalue weighted by atomic mass is 9.82. The highest BCUT2D eigenvalue weighted by molar-refractivity contribution is 7.89. The molecule has 1 aliphatic heterocycles. The van der Waals surface area contributed by atoms with Gasteiger partial charge in [-0.05, 0) is 42.9 Å². The SMILES string of the molecule is Cc1ccc(C(=O)N2CCC(C)(C)CC2)cc1S(=O)(=O)N(C)C. The van der Waals surface area contributed by atoms with Crippen LogP contribution in [-0.2, 0) is 10.0 Å². The Morgan fingerprint density at radius 3 is 2.26 bits per heavy atom. The molecule has 0 atom stereocenters. The van der Waals surface area contributed by atoms with Gasteiger partial charge in [-0.1, -0.05) is 19.9 Å². The summed E-state index contributed by atoms with van der Waals surface area (Å²) in [5.74, 6) is -0.0873. The summed E-state index contributed by atoms with van der Waals surface area (Å²) in [5, 5.41) is 0. The number of hydrogen-bond donors (Lipinski definition) is 0. The zero-order chi connectivity index (χ0) is 17.4. The molecule has 1 aliphatic rings. The van der Waals surface area contributed by atoms with Gasteiger partial charge in [-0.15, -0.1) is 0 Å². The third kappa shape index (κ3) is 3.75. The zero-order valence-corrected chi connectivity index (χ0v) is 15.4. The van der Waals surface area contributed by atoms with Crippen LogP contribution in [0, 0.1) is 12.3 Å². The third-order valence-electron chi connectivity index (χ3n) is 4.60. The average Bonchev–Trinajstić information content (AvgIpc) is 2.46. The van der Waals surface area contributed by atoms with Gasteiger partial charge in [-0.3, -0.25) is 4.79 Å². The van der Waals surface area contributed by atoms with E-state index in [-0.39, 0.29) is 16.2 Å². The van der Waals surface area contributed by atoms with Crippen LogP contribution in [0.25, 0.3) is 0 Å². The van der Waals surface area contributed by atoms with E-state index in [1.54, 1.807) is 19.1 Å². The molecule has 0 aliphatic carbocycles. The molecule has 128 valence electrons. The predicted molar refractivity (Wildman–Crippen MR) is 91.0 cm³/mol. The molecule has 2 rings (SSSR count). The van der Waals surface area contributed by atoms with Gasteiger partial charge in [0.05, 0.1) is 4.90 Å². The Morgan fingerprint density at radius 2 is 1.74 bits per heavy atom. The van der Waals surface area contributed by atoms with Gasteiger partial charge in [0.1, 0.15) is 0 Å². The first kappa shape index (κ1) is 17.9. The van der Waals surface area contributed by atoms with Crippen molar-refractivity contribution in [3.05, 3.63) is 29.3 Å². The van der Waals surface area contributed by atoms with E-state index in [4.69, 9.17) is 0 Å². The van der Waals surface area contributed by atoms with Crippen molar-refractivity contribution in [2.24, 2.45) is 5.41 Å². The van der Waals surface area contributed by atoms with Crippen LogP contribution in [0.15, 0.2) is 23.1 Å². The number of hydrogen-bond acceptors (Lipinski definition) is 3. The molecule has 23 heavy (non-hydrogen) atoms. The molecule has 1 fully saturated rings. The first-order chi connectivity index (χ1) is 10.5. The normalized spacial score (nSPS) is 18.3. The largest absolute Gasteiger partial charge is 0.339 e. The fraction of sp³-hybridized carbons (Fsp3) is 0.588. The van der Waals surface area contributed by atoms with Gasteiger partial charge in [0, 0.05) is 32.7 Å². The molecule has 1 aromatic carbocycles. The number of likely N-dealkylation sites (tertiary alicyclic amines) is 1. The second-order valence-electron chi connectivity index (χ2n) is 7.22. The number of aryl methyl sites for hydroxylation is 1. The average molecular weight is 338 g/mol. The standard InChI is InChI=1S/C17H26N2O3S/c1-13-6-7-14(12-15(13)23(21,22)18(4)5)16(20)19-10-8-17(2,3)9-11-19/h6-7,12H,8-11H2,1-5H3. The third-order valence-corrected chi connectivity index (χ3v) is 6.56. The van der Waals surface area contributed by atoms with Gasteiger partial charge in [0.2, 0.25) is 10.0 Å². The van der Waals surface area contributed by atoms with Gasteiger partial charge >= 0.3 is 0 Å². The van der Waals surface area contributed by atoms with Gasteiger partial charge < -0.3 is 4.90 Å². The lowest BCUT2D eigenvalue weighted by Gasteiger charge is -2.37. The fourth-order valence-electron chi connectivity index (χ4n) is 2.71. The van der Waals surface area contributed by atoms with Crippen molar-refractivity contribution in [3.8, 4) is 0 Å². The van der Waals surface area contributed by atoms with E-state index >= 15 is 0 Å². The molecule has 0 radical (unpaired) electrons. The van der Waals surface area contributed by atoms with E-state index in [9.17, 15) is 13.2 Å². The summed E-state index contributed by atoms with van der Waals surface area (Å²) in [6.07, 6.45) is 1.93. The number of sulfonamides is 1. The highest BCUT2D eigenvalue weighted by Crippen LogP contribution is 2.30. The van der Waals surface area contributed by atoms with Gasteiger partial charge in [0.25, 0.3) is 5.91 Å². The van der Waals surface area contributed by atoms with E-state index in [0.717, 1.165) is 25.9 Å². The molecule has 1 amide bonds. The number of nitrogens with zero attached hydrogens (tertiary/aromatic N) is 2. The molecule has 1 aromatic rings. The number of piperidine rings is 1. The zero-order valence-electron chi connectivity index (χ0n) is 14.6. The summed E-state index contributed by atoms with van der Waals surface area (Å²) in [7, 11) is -0.558. The van der Waals surface area contributed by atoms with E-state index < -0.39 is 10.0 Å². The van der Waals surface area contributed by atoms with Crippen LogP contribution in [-0.4, -0.2) is 50.7 Å². The topological polar surface area (TPSA) is 57.7 Å². The Morgan fingerprint density at radius 1 is 1.17 bits per heavy atom. The summed E-state index contributed by atoms with van der Waals surface area (Å²) < 4.78 is 26.0. The molecule has 0 aromatic heterocycles. The van der Waals surface area contributed by atoms with Crippen molar-refractivity contribution in [1.29, 1.82) is 0 Å². The van der Waals surface area contributed by atoms with Gasteiger partial charge in [-0.25, -0.2) is 12.7 Å². The second kappa shape index (κ2) is 6.24. The summed E-state index contributed by atoms with van der Waals surface area (Å²) in [5.41, 5.74) is 1.36. The molecule has 1 saturated heterocycles. The second-order valence-corrected chi connectivity index (χ2v) is 9.34. The van der Waals surface area contributed by atoms with Crippen LogP contribution in [0.2, 0.25) is 0 Å². The number of carbonyl (C=O) groups is 1. The van der Waals surface area contributed by atoms with Crippen molar-refractivity contribution < 1.29 is 13.2 Å². The number of rotatable bonds is 3. The van der Waals surface area contributed by atoms with Gasteiger partial charge in [-0.2, -0.15) is 0 Å². The molecule has 0 unspecified atom stereocenters. The molecule has 0 spiro atoms. The smallest absolute Gasteiger partial charge is 0.253 e. The van der Waals surface area contributed by atoms with Crippen molar-refractivity contribution in [2.75, 3.05) is 27.2 Å². The number of carbonyl (C=O) groups excluding carboxylic acids is 1. The van der Waals surface area contributed by atoms with E-state index in [1.165, 1.54) is 24.5 Å². The van der Waals surface area contributed by atoms with Crippen molar-refractivity contribution in [1.82, 2.24) is 9.21 Å². The van der Waals surface area contributed by atoms with Crippen LogP contribution in [0.5, 0.6) is 0 Å². The molecular weight excluding hydrogens is 312 g/mol. The van der Waals surface area contributed by atoms with Gasteiger partial charge in [0.15, 0.2) is 0 Å². The number of amides is 1. The molecule has 5 nitrogen and oxygen atoms in total. The highest BCUT2D eigenvalue weighted by atomic mass is 32.2. The van der Waals surface area contributed by atoms with Crippen LogP contribution in [0.1, 0.15) is 42.6 Å². The maximum atomic E-state index is 12.7. The summed E-state index contributed by atoms with van der Waals surface area (Å²) in [6, 6.07) is 4.93. The molecule has 1 heterocycles. The molecule has 6 heteroatoms. The quantitative estimate of drug-likeness (QED) is 0.851. The van der Waals surface area contributed by atoms with E-state index in [2.05, 4.69) is 13.8 Å². The Kier molecular flexibility index (Phi) is 4.87. The maximum Gasteiger partial charge on any atom is 0.253 e. The van der Waals surface area contributed by atoms with E-state index in [1.807, 2.05) is 4.90 Å². The summed E-state index contributed by atoms with van der Waals surface area (Å²) >= 11 is 0. The Labute approximate surface area is 139 Å². The van der Waals surface area contributed by atoms with Crippen molar-refractivity contribution in [3.63, 3.8) is 0 Å². The molecular formula is C17H26N2O3S. The highest BCUT2D eigenvalue weighted by Gasteiger charge is 2.29. The minimum atomic E-state index is -3.55. The van der Waals surface area contributed by atoms with Crippen LogP contribution >= 0.6 is 0 Å². The summed E-state index contributed by atoms with van der Waals surface area (Å²) in [4.78, 5) is 14.7. The monoisotopic (exact) mass is 338 g/mol. The minimum Gasteiger partial charge on any atom is -0.339 e. The molecule has 0 N–H and O–H groups in total. The Balaban J connectivity index is 2.30. The lowest BCUT2D eigenvalue weighted by molar-refractivity contribution is 0.0630. The van der Waals surface area contributed by atoms with E-state index in [0.29, 0.717) is 11.1 Å². The first-order valence-electron chi connectivity index (χ1n) is 7.87. The molecule has 0 bridgehead atoms.